The third kappa shape index (κ3) is 4.05. The van der Waals surface area contributed by atoms with E-state index in [4.69, 9.17) is 9.84 Å². The Bertz CT molecular complexity index is 610. The minimum atomic E-state index is -0.141. The van der Waals surface area contributed by atoms with Crippen LogP contribution < -0.4 is 10.1 Å². The maximum atomic E-state index is 12.2. The summed E-state index contributed by atoms with van der Waals surface area (Å²) in [6.45, 7) is 2.05. The predicted octanol–water partition coefficient (Wildman–Crippen LogP) is 2.71. The van der Waals surface area contributed by atoms with Crippen molar-refractivity contribution >= 4 is 17.2 Å². The van der Waals surface area contributed by atoms with Crippen LogP contribution in [-0.4, -0.2) is 35.8 Å². The van der Waals surface area contributed by atoms with E-state index < -0.39 is 0 Å². The van der Waals surface area contributed by atoms with Crippen LogP contribution >= 0.6 is 11.3 Å². The summed E-state index contributed by atoms with van der Waals surface area (Å²) in [5.41, 5.74) is 0.951. The number of thiazole rings is 1. The number of hydrogen-bond donors (Lipinski definition) is 2. The number of carbonyl (C=O) groups is 1. The monoisotopic (exact) mass is 320 g/mol. The molecule has 0 fully saturated rings. The SMILES string of the molecule is CCC(CCO)NC(=O)c1cnc(-c2ccc(OC)cc2)s1. The number of methoxy groups -OCH3 is 1. The summed E-state index contributed by atoms with van der Waals surface area (Å²) in [5, 5.41) is 12.7. The van der Waals surface area contributed by atoms with Crippen LogP contribution in [0.2, 0.25) is 0 Å². The first-order valence-electron chi connectivity index (χ1n) is 7.20. The van der Waals surface area contributed by atoms with Gasteiger partial charge in [0, 0.05) is 18.2 Å². The zero-order valence-corrected chi connectivity index (χ0v) is 13.5. The van der Waals surface area contributed by atoms with Crippen molar-refractivity contribution in [2.75, 3.05) is 13.7 Å². The molecule has 0 aliphatic carbocycles. The van der Waals surface area contributed by atoms with Crippen molar-refractivity contribution in [1.29, 1.82) is 0 Å². The Labute approximate surface area is 134 Å². The van der Waals surface area contributed by atoms with Crippen molar-refractivity contribution in [1.82, 2.24) is 10.3 Å². The number of aromatic nitrogens is 1. The number of ether oxygens (including phenoxy) is 1. The molecular formula is C16H20N2O3S. The fourth-order valence-electron chi connectivity index (χ4n) is 2.04. The van der Waals surface area contributed by atoms with Crippen LogP contribution in [-0.2, 0) is 0 Å². The van der Waals surface area contributed by atoms with Gasteiger partial charge in [-0.05, 0) is 37.1 Å². The van der Waals surface area contributed by atoms with E-state index in [0.717, 1.165) is 22.7 Å². The van der Waals surface area contributed by atoms with E-state index >= 15 is 0 Å². The van der Waals surface area contributed by atoms with Crippen LogP contribution in [0.15, 0.2) is 30.5 Å². The second-order valence-corrected chi connectivity index (χ2v) is 5.88. The number of aliphatic hydroxyl groups excluding tert-OH is 1. The first-order valence-corrected chi connectivity index (χ1v) is 8.01. The number of carbonyl (C=O) groups excluding carboxylic acids is 1. The number of rotatable bonds is 7. The van der Waals surface area contributed by atoms with E-state index in [1.165, 1.54) is 11.3 Å². The topological polar surface area (TPSA) is 71.5 Å². The lowest BCUT2D eigenvalue weighted by atomic mass is 10.1. The zero-order valence-electron chi connectivity index (χ0n) is 12.7. The minimum absolute atomic E-state index is 0.0102. The average Bonchev–Trinajstić information content (AvgIpc) is 3.04. The first kappa shape index (κ1) is 16.5. The summed E-state index contributed by atoms with van der Waals surface area (Å²) < 4.78 is 5.13. The molecule has 1 heterocycles. The summed E-state index contributed by atoms with van der Waals surface area (Å²) in [6.07, 6.45) is 2.94. The Hall–Kier alpha value is -1.92. The van der Waals surface area contributed by atoms with Crippen molar-refractivity contribution < 1.29 is 14.6 Å². The molecule has 0 aliphatic heterocycles. The Morgan fingerprint density at radius 2 is 2.14 bits per heavy atom. The molecule has 0 aliphatic rings. The van der Waals surface area contributed by atoms with Gasteiger partial charge in [-0.2, -0.15) is 0 Å². The van der Waals surface area contributed by atoms with Crippen molar-refractivity contribution in [3.63, 3.8) is 0 Å². The number of hydrogen-bond acceptors (Lipinski definition) is 5. The fourth-order valence-corrected chi connectivity index (χ4v) is 2.86. The third-order valence-corrected chi connectivity index (χ3v) is 4.42. The van der Waals surface area contributed by atoms with Crippen LogP contribution in [0.1, 0.15) is 29.4 Å². The van der Waals surface area contributed by atoms with Gasteiger partial charge in [-0.15, -0.1) is 11.3 Å². The Morgan fingerprint density at radius 3 is 2.73 bits per heavy atom. The number of nitrogens with zero attached hydrogens (tertiary/aromatic N) is 1. The molecule has 1 aromatic heterocycles. The summed E-state index contributed by atoms with van der Waals surface area (Å²) in [5.74, 6) is 0.644. The van der Waals surface area contributed by atoms with Gasteiger partial charge in [0.2, 0.25) is 0 Å². The lowest BCUT2D eigenvalue weighted by Crippen LogP contribution is -2.34. The molecule has 22 heavy (non-hydrogen) atoms. The van der Waals surface area contributed by atoms with Crippen LogP contribution in [0.3, 0.4) is 0 Å². The van der Waals surface area contributed by atoms with Gasteiger partial charge in [-0.25, -0.2) is 4.98 Å². The number of aliphatic hydroxyl groups is 1. The van der Waals surface area contributed by atoms with Crippen LogP contribution in [0.4, 0.5) is 0 Å². The molecule has 6 heteroatoms. The molecule has 2 rings (SSSR count). The second kappa shape index (κ2) is 7.91. The predicted molar refractivity (Wildman–Crippen MR) is 87.4 cm³/mol. The first-order chi connectivity index (χ1) is 10.7. The average molecular weight is 320 g/mol. The summed E-state index contributed by atoms with van der Waals surface area (Å²) >= 11 is 1.35. The van der Waals surface area contributed by atoms with Gasteiger partial charge in [0.1, 0.15) is 15.6 Å². The van der Waals surface area contributed by atoms with E-state index in [1.807, 2.05) is 31.2 Å². The van der Waals surface area contributed by atoms with Gasteiger partial charge >= 0.3 is 0 Å². The van der Waals surface area contributed by atoms with Crippen LogP contribution in [0.25, 0.3) is 10.6 Å². The Morgan fingerprint density at radius 1 is 1.41 bits per heavy atom. The van der Waals surface area contributed by atoms with Crippen molar-refractivity contribution in [3.05, 3.63) is 35.3 Å². The highest BCUT2D eigenvalue weighted by atomic mass is 32.1. The number of nitrogens with one attached hydrogen (secondary N) is 1. The lowest BCUT2D eigenvalue weighted by molar-refractivity contribution is 0.0933. The van der Waals surface area contributed by atoms with Gasteiger partial charge in [0.05, 0.1) is 13.3 Å². The van der Waals surface area contributed by atoms with Gasteiger partial charge in [0.25, 0.3) is 5.91 Å². The quantitative estimate of drug-likeness (QED) is 0.823. The summed E-state index contributed by atoms with van der Waals surface area (Å²) in [4.78, 5) is 17.1. The minimum Gasteiger partial charge on any atom is -0.497 e. The molecule has 2 N–H and O–H groups in total. The van der Waals surface area contributed by atoms with Crippen molar-refractivity contribution in [2.45, 2.75) is 25.8 Å². The molecule has 1 unspecified atom stereocenters. The molecule has 0 bridgehead atoms. The van der Waals surface area contributed by atoms with Gasteiger partial charge in [0.15, 0.2) is 0 Å². The molecule has 1 atom stereocenters. The molecule has 1 amide bonds. The highest BCUT2D eigenvalue weighted by Gasteiger charge is 2.15. The number of benzene rings is 1. The zero-order chi connectivity index (χ0) is 15.9. The molecule has 2 aromatic rings. The lowest BCUT2D eigenvalue weighted by Gasteiger charge is -2.14. The summed E-state index contributed by atoms with van der Waals surface area (Å²) in [7, 11) is 1.62. The molecule has 0 radical (unpaired) electrons. The maximum absolute atomic E-state index is 12.2. The number of amides is 1. The largest absolute Gasteiger partial charge is 0.497 e. The molecular weight excluding hydrogens is 300 g/mol. The van der Waals surface area contributed by atoms with E-state index in [1.54, 1.807) is 13.3 Å². The highest BCUT2D eigenvalue weighted by Crippen LogP contribution is 2.26. The molecule has 0 saturated carbocycles. The van der Waals surface area contributed by atoms with E-state index in [0.29, 0.717) is 11.3 Å². The standard InChI is InChI=1S/C16H20N2O3S/c1-3-12(8-9-19)18-15(20)14-10-17-16(22-14)11-4-6-13(21-2)7-5-11/h4-7,10,12,19H,3,8-9H2,1-2H3,(H,18,20). The Balaban J connectivity index is 2.08. The third-order valence-electron chi connectivity index (χ3n) is 3.37. The van der Waals surface area contributed by atoms with Crippen molar-refractivity contribution in [3.8, 4) is 16.3 Å². The maximum Gasteiger partial charge on any atom is 0.263 e. The molecule has 5 nitrogen and oxygen atoms in total. The van der Waals surface area contributed by atoms with Gasteiger partial charge in [-0.1, -0.05) is 6.92 Å². The molecule has 0 spiro atoms. The van der Waals surface area contributed by atoms with Gasteiger partial charge < -0.3 is 15.2 Å². The van der Waals surface area contributed by atoms with E-state index in [9.17, 15) is 4.79 Å². The van der Waals surface area contributed by atoms with E-state index in [-0.39, 0.29) is 18.6 Å². The van der Waals surface area contributed by atoms with Crippen molar-refractivity contribution in [2.24, 2.45) is 0 Å². The van der Waals surface area contributed by atoms with Crippen LogP contribution in [0, 0.1) is 0 Å². The normalized spacial score (nSPS) is 12.0. The van der Waals surface area contributed by atoms with E-state index in [2.05, 4.69) is 10.3 Å². The summed E-state index contributed by atoms with van der Waals surface area (Å²) in [6, 6.07) is 7.55. The molecule has 1 aromatic carbocycles. The van der Waals surface area contributed by atoms with Gasteiger partial charge in [-0.3, -0.25) is 4.79 Å². The molecule has 118 valence electrons. The Kier molecular flexibility index (Phi) is 5.91. The highest BCUT2D eigenvalue weighted by molar-refractivity contribution is 7.16. The van der Waals surface area contributed by atoms with Crippen LogP contribution in [0.5, 0.6) is 5.75 Å². The smallest absolute Gasteiger partial charge is 0.263 e. The second-order valence-electron chi connectivity index (χ2n) is 4.85. The fraction of sp³-hybridized carbons (Fsp3) is 0.375. The molecule has 0 saturated heterocycles.